The maximum Gasteiger partial charge on any atom is 0.411 e. The lowest BCUT2D eigenvalue weighted by Crippen LogP contribution is -2.20. The van der Waals surface area contributed by atoms with Crippen LogP contribution in [0.5, 0.6) is 0 Å². The Labute approximate surface area is 175 Å². The summed E-state index contributed by atoms with van der Waals surface area (Å²) in [6.07, 6.45) is -1.64. The number of hydrogen-bond donors (Lipinski definition) is 2. The Morgan fingerprint density at radius 2 is 1.32 bits per heavy atom. The van der Waals surface area contributed by atoms with E-state index in [9.17, 15) is 18.0 Å². The van der Waals surface area contributed by atoms with Gasteiger partial charge in [-0.25, -0.2) is 18.0 Å². The topological polar surface area (TPSA) is 208 Å². The summed E-state index contributed by atoms with van der Waals surface area (Å²) in [7, 11) is -4.12. The van der Waals surface area contributed by atoms with Crippen molar-refractivity contribution in [2.24, 2.45) is 9.63 Å². The van der Waals surface area contributed by atoms with Crippen molar-refractivity contribution in [1.82, 2.24) is 0 Å². The fraction of sp³-hybridized carbons (Fsp3) is 0.125. The summed E-state index contributed by atoms with van der Waals surface area (Å²) in [5, 5.41) is 8.18. The second-order valence-corrected chi connectivity index (χ2v) is 7.01. The zero-order valence-corrected chi connectivity index (χ0v) is 16.4. The normalized spacial score (nSPS) is 10.1. The summed E-state index contributed by atoms with van der Waals surface area (Å²) < 4.78 is 35.5. The fourth-order valence-electron chi connectivity index (χ4n) is 2.05. The van der Waals surface area contributed by atoms with Crippen LogP contribution in [0.1, 0.15) is 0 Å². The molecular formula is C16H14N8O6S. The molecule has 0 spiro atoms. The van der Waals surface area contributed by atoms with Crippen LogP contribution in [0.4, 0.5) is 26.7 Å². The first-order chi connectivity index (χ1) is 14.8. The van der Waals surface area contributed by atoms with E-state index in [1.165, 1.54) is 36.4 Å². The molecule has 0 unspecified atom stereocenters. The Morgan fingerprint density at radius 3 is 1.77 bits per heavy atom. The zero-order chi connectivity index (χ0) is 22.7. The average molecular weight is 446 g/mol. The number of amides is 2. The van der Waals surface area contributed by atoms with E-state index in [0.717, 1.165) is 12.1 Å². The molecule has 14 nitrogen and oxygen atoms in total. The minimum absolute atomic E-state index is 0.223. The van der Waals surface area contributed by atoms with E-state index in [-0.39, 0.29) is 23.8 Å². The van der Waals surface area contributed by atoms with Gasteiger partial charge in [0.1, 0.15) is 13.2 Å². The number of ether oxygens (including phenoxy) is 2. The lowest BCUT2D eigenvalue weighted by atomic mass is 10.3. The Balaban J connectivity index is 1.72. The van der Waals surface area contributed by atoms with Crippen molar-refractivity contribution in [3.8, 4) is 0 Å². The molecule has 0 aliphatic rings. The number of hydrogen-bond acceptors (Lipinski definition) is 7. The molecule has 0 fully saturated rings. The third kappa shape index (κ3) is 7.47. The summed E-state index contributed by atoms with van der Waals surface area (Å²) in [5.74, 6) is 0. The smallest absolute Gasteiger partial charge is 0.411 e. The van der Waals surface area contributed by atoms with Crippen molar-refractivity contribution in [2.75, 3.05) is 23.8 Å². The molecule has 2 N–H and O–H groups in total. The molecule has 0 heterocycles. The van der Waals surface area contributed by atoms with Gasteiger partial charge in [0, 0.05) is 31.4 Å². The molecule has 0 saturated heterocycles. The Hall–Kier alpha value is -4.45. The van der Waals surface area contributed by atoms with Crippen molar-refractivity contribution in [3.63, 3.8) is 0 Å². The molecule has 0 aliphatic heterocycles. The van der Waals surface area contributed by atoms with Gasteiger partial charge >= 0.3 is 12.2 Å². The summed E-state index contributed by atoms with van der Waals surface area (Å²) in [6, 6.07) is 10.9. The second-order valence-electron chi connectivity index (χ2n) is 5.43. The third-order valence-corrected chi connectivity index (χ3v) is 4.52. The Bertz CT molecular complexity index is 1140. The molecule has 2 amide bonds. The lowest BCUT2D eigenvalue weighted by molar-refractivity contribution is 0.110. The fourth-order valence-corrected chi connectivity index (χ4v) is 2.72. The molecule has 0 radical (unpaired) electrons. The van der Waals surface area contributed by atoms with Gasteiger partial charge < -0.3 is 9.47 Å². The molecule has 160 valence electrons. The molecule has 0 saturated carbocycles. The molecule has 2 rings (SSSR count). The molecule has 0 aromatic heterocycles. The maximum atomic E-state index is 11.7. The van der Waals surface area contributed by atoms with Crippen LogP contribution in [0.25, 0.3) is 20.9 Å². The number of nitrogens with zero attached hydrogens (tertiary/aromatic N) is 6. The van der Waals surface area contributed by atoms with Gasteiger partial charge in [0.25, 0.3) is 10.0 Å². The maximum absolute atomic E-state index is 11.7. The summed E-state index contributed by atoms with van der Waals surface area (Å²) in [6.45, 7) is -0.460. The highest BCUT2D eigenvalue weighted by Gasteiger charge is 2.12. The number of carbonyl (C=O) groups excluding carboxylic acids is 2. The number of carbonyl (C=O) groups is 2. The van der Waals surface area contributed by atoms with Crippen molar-refractivity contribution in [1.29, 1.82) is 0 Å². The summed E-state index contributed by atoms with van der Waals surface area (Å²) in [4.78, 5) is 28.0. The largest absolute Gasteiger partial charge is 0.446 e. The minimum atomic E-state index is -4.12. The van der Waals surface area contributed by atoms with Crippen molar-refractivity contribution >= 4 is 39.3 Å². The van der Waals surface area contributed by atoms with Crippen LogP contribution in [0.15, 0.2) is 63.1 Å². The van der Waals surface area contributed by atoms with E-state index in [4.69, 9.17) is 20.5 Å². The molecule has 15 heteroatoms. The van der Waals surface area contributed by atoms with Gasteiger partial charge in [-0.05, 0) is 47.5 Å². The van der Waals surface area contributed by atoms with Gasteiger partial charge in [0.15, 0.2) is 0 Å². The van der Waals surface area contributed by atoms with E-state index in [1.54, 1.807) is 0 Å². The van der Waals surface area contributed by atoms with Crippen LogP contribution < -0.4 is 10.6 Å². The zero-order valence-electron chi connectivity index (χ0n) is 15.6. The predicted octanol–water partition coefficient (Wildman–Crippen LogP) is 4.42. The van der Waals surface area contributed by atoms with Crippen LogP contribution in [-0.4, -0.2) is 33.8 Å². The van der Waals surface area contributed by atoms with Gasteiger partial charge in [-0.2, -0.15) is 0 Å². The second kappa shape index (κ2) is 10.9. The van der Waals surface area contributed by atoms with Gasteiger partial charge in [-0.1, -0.05) is 17.2 Å². The van der Waals surface area contributed by atoms with E-state index in [0.29, 0.717) is 11.4 Å². The average Bonchev–Trinajstić information content (AvgIpc) is 2.73. The number of sulfonamides is 1. The van der Waals surface area contributed by atoms with E-state index in [2.05, 4.69) is 30.1 Å². The van der Waals surface area contributed by atoms with Crippen LogP contribution in [0.3, 0.4) is 0 Å². The van der Waals surface area contributed by atoms with Crippen LogP contribution in [-0.2, 0) is 19.5 Å². The van der Waals surface area contributed by atoms with E-state index >= 15 is 0 Å². The number of nitrogens with one attached hydrogen (secondary N) is 2. The number of rotatable bonds is 8. The molecule has 0 atom stereocenters. The van der Waals surface area contributed by atoms with Crippen LogP contribution in [0, 0.1) is 0 Å². The van der Waals surface area contributed by atoms with Crippen molar-refractivity contribution in [2.45, 2.75) is 4.90 Å². The molecular weight excluding hydrogens is 432 g/mol. The third-order valence-electron chi connectivity index (χ3n) is 3.37. The Kier molecular flexibility index (Phi) is 8.04. The van der Waals surface area contributed by atoms with E-state index < -0.39 is 22.2 Å². The highest BCUT2D eigenvalue weighted by Crippen LogP contribution is 2.17. The standard InChI is InChI=1S/C16H14N8O6S/c17-22-21-13-3-1-11(2-4-13)19-15(25)29-9-10-30-16(26)20-12-5-7-14(8-6-12)31(27,28)24-23-18/h1-8H,9-10H2,(H,19,25)(H,20,26). The van der Waals surface area contributed by atoms with Gasteiger partial charge in [0.05, 0.1) is 4.90 Å². The van der Waals surface area contributed by atoms with E-state index in [1.807, 2.05) is 0 Å². The van der Waals surface area contributed by atoms with Gasteiger partial charge in [-0.3, -0.25) is 10.6 Å². The number of benzene rings is 2. The first kappa shape index (κ1) is 22.8. The van der Waals surface area contributed by atoms with Crippen molar-refractivity contribution < 1.29 is 27.5 Å². The highest BCUT2D eigenvalue weighted by molar-refractivity contribution is 7.90. The molecule has 2 aromatic carbocycles. The molecule has 2 aromatic rings. The summed E-state index contributed by atoms with van der Waals surface area (Å²) >= 11 is 0. The summed E-state index contributed by atoms with van der Waals surface area (Å²) in [5.41, 5.74) is 17.6. The number of azide groups is 2. The highest BCUT2D eigenvalue weighted by atomic mass is 32.2. The van der Waals surface area contributed by atoms with Crippen molar-refractivity contribution in [3.05, 3.63) is 69.4 Å². The van der Waals surface area contributed by atoms with Crippen LogP contribution in [0.2, 0.25) is 0 Å². The lowest BCUT2D eigenvalue weighted by Gasteiger charge is -2.09. The van der Waals surface area contributed by atoms with Crippen LogP contribution >= 0.6 is 0 Å². The molecule has 0 bridgehead atoms. The molecule has 0 aliphatic carbocycles. The monoisotopic (exact) mass is 446 g/mol. The number of anilines is 2. The minimum Gasteiger partial charge on any atom is -0.446 e. The van der Waals surface area contributed by atoms with Gasteiger partial charge in [-0.15, -0.1) is 0 Å². The molecule has 31 heavy (non-hydrogen) atoms. The first-order valence-corrected chi connectivity index (χ1v) is 9.72. The predicted molar refractivity (Wildman–Crippen MR) is 108 cm³/mol. The quantitative estimate of drug-likeness (QED) is 0.259. The SMILES string of the molecule is [N-]=[N+]=Nc1ccc(NC(=O)OCCOC(=O)Nc2ccc(S(=O)(=O)N=[N+]=[N-])cc2)cc1. The van der Waals surface area contributed by atoms with Gasteiger partial charge in [0.2, 0.25) is 0 Å². The Morgan fingerprint density at radius 1 is 0.839 bits per heavy atom. The first-order valence-electron chi connectivity index (χ1n) is 8.28.